The second-order valence-electron chi connectivity index (χ2n) is 3.14. The van der Waals surface area contributed by atoms with Crippen LogP contribution < -0.4 is 5.73 Å². The van der Waals surface area contributed by atoms with Crippen LogP contribution in [0, 0.1) is 3.57 Å². The highest BCUT2D eigenvalue weighted by molar-refractivity contribution is 14.1. The lowest BCUT2D eigenvalue weighted by atomic mass is 10.2. The predicted molar refractivity (Wildman–Crippen MR) is 66.4 cm³/mol. The molecule has 2 aromatic heterocycles. The zero-order valence-electron chi connectivity index (χ0n) is 8.05. The minimum atomic E-state index is 0.0229. The average molecular weight is 314 g/mol. The number of aromatic nitrogens is 3. The highest BCUT2D eigenvalue weighted by Crippen LogP contribution is 2.14. The summed E-state index contributed by atoms with van der Waals surface area (Å²) in [5.41, 5.74) is 6.69. The fourth-order valence-electron chi connectivity index (χ4n) is 1.42. The first-order chi connectivity index (χ1) is 7.31. The summed E-state index contributed by atoms with van der Waals surface area (Å²) in [6, 6.07) is 5.84. The van der Waals surface area contributed by atoms with Gasteiger partial charge in [0, 0.05) is 18.9 Å². The molecular formula is C10H11IN4. The van der Waals surface area contributed by atoms with Crippen molar-refractivity contribution in [2.45, 2.75) is 6.04 Å². The van der Waals surface area contributed by atoms with E-state index in [-0.39, 0.29) is 6.04 Å². The van der Waals surface area contributed by atoms with Gasteiger partial charge in [0.15, 0.2) is 0 Å². The number of hydrogen-bond acceptors (Lipinski definition) is 3. The summed E-state index contributed by atoms with van der Waals surface area (Å²) in [5.74, 6) is 0. The van der Waals surface area contributed by atoms with Crippen molar-refractivity contribution in [3.8, 4) is 0 Å². The number of nitrogens with two attached hydrogens (primary N) is 1. The normalized spacial score (nSPS) is 12.7. The van der Waals surface area contributed by atoms with Crippen LogP contribution in [-0.4, -0.2) is 21.3 Å². The summed E-state index contributed by atoms with van der Waals surface area (Å²) in [4.78, 5) is 4.29. The van der Waals surface area contributed by atoms with Crippen LogP contribution in [0.25, 0.3) is 0 Å². The molecule has 0 fully saturated rings. The van der Waals surface area contributed by atoms with E-state index >= 15 is 0 Å². The maximum absolute atomic E-state index is 5.74. The second kappa shape index (κ2) is 4.71. The average Bonchev–Trinajstić information content (AvgIpc) is 2.68. The Morgan fingerprint density at radius 2 is 2.33 bits per heavy atom. The van der Waals surface area contributed by atoms with Crippen molar-refractivity contribution in [3.63, 3.8) is 0 Å². The van der Waals surface area contributed by atoms with Crippen LogP contribution in [0.4, 0.5) is 0 Å². The molecule has 2 N–H and O–H groups in total. The molecular weight excluding hydrogens is 303 g/mol. The maximum Gasteiger partial charge on any atom is 0.106 e. The first-order valence-electron chi connectivity index (χ1n) is 4.62. The van der Waals surface area contributed by atoms with Crippen LogP contribution in [0.1, 0.15) is 11.7 Å². The minimum Gasteiger partial charge on any atom is -0.328 e. The van der Waals surface area contributed by atoms with Crippen LogP contribution in [0.5, 0.6) is 0 Å². The van der Waals surface area contributed by atoms with E-state index in [2.05, 4.69) is 32.7 Å². The fraction of sp³-hybridized carbons (Fsp3) is 0.200. The van der Waals surface area contributed by atoms with E-state index in [9.17, 15) is 0 Å². The Morgan fingerprint density at radius 1 is 1.47 bits per heavy atom. The molecule has 2 rings (SSSR count). The Kier molecular flexibility index (Phi) is 3.32. The molecule has 2 heterocycles. The van der Waals surface area contributed by atoms with E-state index in [4.69, 9.17) is 5.73 Å². The highest BCUT2D eigenvalue weighted by atomic mass is 127. The maximum atomic E-state index is 5.74. The smallest absolute Gasteiger partial charge is 0.106 e. The molecule has 0 radical (unpaired) electrons. The highest BCUT2D eigenvalue weighted by Gasteiger charge is 2.13. The summed E-state index contributed by atoms with van der Waals surface area (Å²) in [7, 11) is 0. The van der Waals surface area contributed by atoms with E-state index in [0.717, 1.165) is 9.26 Å². The molecule has 78 valence electrons. The summed E-state index contributed by atoms with van der Waals surface area (Å²) in [5, 5.41) is 4.25. The van der Waals surface area contributed by atoms with E-state index in [0.29, 0.717) is 6.54 Å². The number of nitrogens with zero attached hydrogens (tertiary/aromatic N) is 3. The lowest BCUT2D eigenvalue weighted by molar-refractivity contribution is 0.520. The van der Waals surface area contributed by atoms with Gasteiger partial charge >= 0.3 is 0 Å². The lowest BCUT2D eigenvalue weighted by Gasteiger charge is -2.14. The summed E-state index contributed by atoms with van der Waals surface area (Å²) in [6.45, 7) is 0.495. The van der Waals surface area contributed by atoms with Crippen LogP contribution in [0.3, 0.4) is 0 Å². The number of hydrogen-bond donors (Lipinski definition) is 1. The van der Waals surface area contributed by atoms with E-state index in [1.165, 1.54) is 0 Å². The minimum absolute atomic E-state index is 0.0229. The molecule has 0 saturated heterocycles. The predicted octanol–water partition coefficient (Wildman–Crippen LogP) is 1.43. The lowest BCUT2D eigenvalue weighted by Crippen LogP contribution is -2.21. The third kappa shape index (κ3) is 2.35. The molecule has 5 heteroatoms. The van der Waals surface area contributed by atoms with Gasteiger partial charge in [0.1, 0.15) is 6.04 Å². The summed E-state index contributed by atoms with van der Waals surface area (Å²) >= 11 is 2.23. The van der Waals surface area contributed by atoms with Crippen molar-refractivity contribution in [3.05, 3.63) is 46.1 Å². The number of halogens is 1. The molecule has 1 unspecified atom stereocenters. The SMILES string of the molecule is NCC(c1ccccn1)n1cc(I)cn1. The third-order valence-corrected chi connectivity index (χ3v) is 2.70. The summed E-state index contributed by atoms with van der Waals surface area (Å²) in [6.07, 6.45) is 5.55. The quantitative estimate of drug-likeness (QED) is 0.872. The van der Waals surface area contributed by atoms with Gasteiger partial charge in [0.2, 0.25) is 0 Å². The van der Waals surface area contributed by atoms with Crippen molar-refractivity contribution >= 4 is 22.6 Å². The monoisotopic (exact) mass is 314 g/mol. The van der Waals surface area contributed by atoms with Crippen molar-refractivity contribution in [2.75, 3.05) is 6.54 Å². The van der Waals surface area contributed by atoms with Gasteiger partial charge in [0.25, 0.3) is 0 Å². The molecule has 0 saturated carbocycles. The van der Waals surface area contributed by atoms with E-state index < -0.39 is 0 Å². The largest absolute Gasteiger partial charge is 0.328 e. The zero-order chi connectivity index (χ0) is 10.7. The third-order valence-electron chi connectivity index (χ3n) is 2.14. The fourth-order valence-corrected chi connectivity index (χ4v) is 1.83. The van der Waals surface area contributed by atoms with Gasteiger partial charge in [-0.05, 0) is 34.7 Å². The van der Waals surface area contributed by atoms with Crippen LogP contribution in [0.2, 0.25) is 0 Å². The van der Waals surface area contributed by atoms with Crippen molar-refractivity contribution < 1.29 is 0 Å². The molecule has 0 bridgehead atoms. The Morgan fingerprint density at radius 3 is 2.87 bits per heavy atom. The van der Waals surface area contributed by atoms with Gasteiger partial charge in [-0.25, -0.2) is 0 Å². The van der Waals surface area contributed by atoms with Gasteiger partial charge in [0.05, 0.1) is 15.5 Å². The number of rotatable bonds is 3. The van der Waals surface area contributed by atoms with Crippen LogP contribution >= 0.6 is 22.6 Å². The number of pyridine rings is 1. The topological polar surface area (TPSA) is 56.7 Å². The van der Waals surface area contributed by atoms with Crippen molar-refractivity contribution in [1.82, 2.24) is 14.8 Å². The first-order valence-corrected chi connectivity index (χ1v) is 5.70. The molecule has 0 aliphatic heterocycles. The Balaban J connectivity index is 2.33. The Bertz CT molecular complexity index is 426. The van der Waals surface area contributed by atoms with Gasteiger partial charge in [-0.1, -0.05) is 6.07 Å². The van der Waals surface area contributed by atoms with Gasteiger partial charge in [-0.2, -0.15) is 5.10 Å². The Labute approximate surface area is 102 Å². The van der Waals surface area contributed by atoms with Crippen LogP contribution in [-0.2, 0) is 0 Å². The standard InChI is InChI=1S/C10H11IN4/c11-8-6-14-15(7-8)10(5-12)9-3-1-2-4-13-9/h1-4,6-7,10H,5,12H2. The Hall–Kier alpha value is -0.950. The molecule has 0 spiro atoms. The first kappa shape index (κ1) is 10.6. The molecule has 0 aromatic carbocycles. The molecule has 1 atom stereocenters. The van der Waals surface area contributed by atoms with E-state index in [1.807, 2.05) is 35.3 Å². The molecule has 2 aromatic rings. The van der Waals surface area contributed by atoms with E-state index in [1.54, 1.807) is 6.20 Å². The van der Waals surface area contributed by atoms with Gasteiger partial charge in [-0.3, -0.25) is 9.67 Å². The molecule has 15 heavy (non-hydrogen) atoms. The summed E-state index contributed by atoms with van der Waals surface area (Å²) < 4.78 is 2.95. The van der Waals surface area contributed by atoms with Gasteiger partial charge < -0.3 is 5.73 Å². The van der Waals surface area contributed by atoms with Crippen molar-refractivity contribution in [2.24, 2.45) is 5.73 Å². The second-order valence-corrected chi connectivity index (χ2v) is 4.39. The van der Waals surface area contributed by atoms with Crippen molar-refractivity contribution in [1.29, 1.82) is 0 Å². The molecule has 0 aliphatic rings. The van der Waals surface area contributed by atoms with Crippen LogP contribution in [0.15, 0.2) is 36.8 Å². The van der Waals surface area contributed by atoms with Gasteiger partial charge in [-0.15, -0.1) is 0 Å². The zero-order valence-corrected chi connectivity index (χ0v) is 10.2. The molecule has 0 aliphatic carbocycles. The molecule has 4 nitrogen and oxygen atoms in total. The molecule has 0 amide bonds.